The molecule has 0 amide bonds. The Morgan fingerprint density at radius 1 is 1.43 bits per heavy atom. The average Bonchev–Trinajstić information content (AvgIpc) is 2.12. The van der Waals surface area contributed by atoms with E-state index in [1.165, 1.54) is 12.1 Å². The van der Waals surface area contributed by atoms with Crippen LogP contribution in [0.4, 0.5) is 10.1 Å². The minimum atomic E-state index is -3.52. The van der Waals surface area contributed by atoms with Gasteiger partial charge >= 0.3 is 0 Å². The van der Waals surface area contributed by atoms with E-state index in [0.29, 0.717) is 4.47 Å². The molecular weight excluding hydrogens is 341 g/mol. The lowest BCUT2D eigenvalue weighted by Gasteiger charge is -2.07. The number of para-hydroxylation sites is 1. The third kappa shape index (κ3) is 2.93. The molecule has 1 aromatic carbocycles. The molecule has 1 N–H and O–H groups in total. The Kier molecular flexibility index (Phi) is 3.91. The van der Waals surface area contributed by atoms with Crippen LogP contribution in [0.25, 0.3) is 0 Å². The molecule has 3 nitrogen and oxygen atoms in total. The summed E-state index contributed by atoms with van der Waals surface area (Å²) in [5.74, 6) is -0.621. The maximum absolute atomic E-state index is 13.1. The fourth-order valence-electron chi connectivity index (χ4n) is 0.778. The van der Waals surface area contributed by atoms with Gasteiger partial charge in [-0.05, 0) is 28.1 Å². The van der Waals surface area contributed by atoms with Crippen molar-refractivity contribution in [3.05, 3.63) is 28.5 Å². The first-order valence-electron chi connectivity index (χ1n) is 3.47. The Hall–Kier alpha value is -0.140. The lowest BCUT2D eigenvalue weighted by molar-refractivity contribution is 0.603. The molecule has 14 heavy (non-hydrogen) atoms. The number of hydrogen-bond acceptors (Lipinski definition) is 2. The van der Waals surface area contributed by atoms with E-state index in [4.69, 9.17) is 0 Å². The van der Waals surface area contributed by atoms with E-state index in [1.807, 2.05) is 0 Å². The Morgan fingerprint density at radius 3 is 2.57 bits per heavy atom. The van der Waals surface area contributed by atoms with Crippen LogP contribution >= 0.6 is 31.9 Å². The van der Waals surface area contributed by atoms with Gasteiger partial charge in [0.05, 0.1) is 5.69 Å². The quantitative estimate of drug-likeness (QED) is 0.855. The summed E-state index contributed by atoms with van der Waals surface area (Å²) in [7, 11) is -3.52. The predicted molar refractivity (Wildman–Crippen MR) is 60.4 cm³/mol. The molecule has 0 radical (unpaired) electrons. The fraction of sp³-hybridized carbons (Fsp3) is 0.143. The predicted octanol–water partition coefficient (Wildman–Crippen LogP) is 2.68. The van der Waals surface area contributed by atoms with Crippen molar-refractivity contribution in [3.63, 3.8) is 0 Å². The smallest absolute Gasteiger partial charge is 0.242 e. The van der Waals surface area contributed by atoms with Crippen LogP contribution in [0.15, 0.2) is 22.7 Å². The molecule has 0 aliphatic carbocycles. The zero-order valence-electron chi connectivity index (χ0n) is 6.80. The molecule has 0 aromatic heterocycles. The van der Waals surface area contributed by atoms with E-state index in [9.17, 15) is 12.8 Å². The van der Waals surface area contributed by atoms with E-state index in [-0.39, 0.29) is 10.3 Å². The summed E-state index contributed by atoms with van der Waals surface area (Å²) in [5, 5.41) is 0. The van der Waals surface area contributed by atoms with Gasteiger partial charge in [0, 0.05) is 4.47 Å². The second-order valence-electron chi connectivity index (χ2n) is 2.42. The first kappa shape index (κ1) is 11.9. The Morgan fingerprint density at radius 2 is 2.07 bits per heavy atom. The van der Waals surface area contributed by atoms with Gasteiger partial charge in [0.25, 0.3) is 0 Å². The van der Waals surface area contributed by atoms with Crippen molar-refractivity contribution < 1.29 is 12.8 Å². The first-order chi connectivity index (χ1) is 6.46. The molecule has 0 saturated heterocycles. The molecular formula is C7H6Br2FNO2S. The lowest BCUT2D eigenvalue weighted by Crippen LogP contribution is -2.14. The second kappa shape index (κ2) is 4.59. The lowest BCUT2D eigenvalue weighted by atomic mass is 10.3. The van der Waals surface area contributed by atoms with Gasteiger partial charge in [-0.1, -0.05) is 22.0 Å². The van der Waals surface area contributed by atoms with E-state index in [2.05, 4.69) is 36.6 Å². The van der Waals surface area contributed by atoms with E-state index in [1.54, 1.807) is 6.07 Å². The molecule has 0 heterocycles. The summed E-state index contributed by atoms with van der Waals surface area (Å²) in [4.78, 5) is 0. The number of benzene rings is 1. The summed E-state index contributed by atoms with van der Waals surface area (Å²) < 4.78 is 37.6. The van der Waals surface area contributed by atoms with Gasteiger partial charge in [-0.15, -0.1) is 0 Å². The van der Waals surface area contributed by atoms with E-state index >= 15 is 0 Å². The SMILES string of the molecule is O=S(=O)(CBr)Nc1c(F)cccc1Br. The molecule has 0 atom stereocenters. The normalized spacial score (nSPS) is 11.4. The van der Waals surface area contributed by atoms with Crippen LogP contribution in [-0.4, -0.2) is 13.1 Å². The van der Waals surface area contributed by atoms with Crippen LogP contribution in [0.2, 0.25) is 0 Å². The summed E-state index contributed by atoms with van der Waals surface area (Å²) >= 11 is 5.84. The molecule has 1 rings (SSSR count). The fourth-order valence-corrected chi connectivity index (χ4v) is 2.27. The van der Waals surface area contributed by atoms with Crippen molar-refractivity contribution in [1.29, 1.82) is 0 Å². The molecule has 78 valence electrons. The molecule has 0 saturated carbocycles. The van der Waals surface area contributed by atoms with Gasteiger partial charge in [0.15, 0.2) is 0 Å². The number of halogens is 3. The molecule has 0 bridgehead atoms. The van der Waals surface area contributed by atoms with Crippen LogP contribution in [-0.2, 0) is 10.0 Å². The van der Waals surface area contributed by atoms with Crippen molar-refractivity contribution >= 4 is 47.6 Å². The zero-order valence-corrected chi connectivity index (χ0v) is 10.8. The van der Waals surface area contributed by atoms with Crippen LogP contribution < -0.4 is 4.72 Å². The number of alkyl halides is 1. The van der Waals surface area contributed by atoms with Crippen molar-refractivity contribution in [3.8, 4) is 0 Å². The molecule has 0 aliphatic heterocycles. The second-order valence-corrected chi connectivity index (χ2v) is 6.30. The van der Waals surface area contributed by atoms with Crippen molar-refractivity contribution in [2.24, 2.45) is 0 Å². The molecule has 1 aromatic rings. The Labute approximate surface area is 98.0 Å². The highest BCUT2D eigenvalue weighted by atomic mass is 79.9. The standard InChI is InChI=1S/C7H6Br2FNO2S/c8-4-14(12,13)11-7-5(9)2-1-3-6(7)10/h1-3,11H,4H2. The highest BCUT2D eigenvalue weighted by molar-refractivity contribution is 9.11. The minimum Gasteiger partial charge on any atom is -0.279 e. The third-order valence-corrected chi connectivity index (χ3v) is 4.64. The number of anilines is 1. The summed E-state index contributed by atoms with van der Waals surface area (Å²) in [6, 6.07) is 4.21. The summed E-state index contributed by atoms with van der Waals surface area (Å²) in [6.45, 7) is 0. The molecule has 0 spiro atoms. The van der Waals surface area contributed by atoms with E-state index in [0.717, 1.165) is 0 Å². The minimum absolute atomic E-state index is 0.0769. The van der Waals surface area contributed by atoms with Gasteiger partial charge in [-0.2, -0.15) is 0 Å². The average molecular weight is 347 g/mol. The number of sulfonamides is 1. The molecule has 0 unspecified atom stereocenters. The number of rotatable bonds is 3. The monoisotopic (exact) mass is 345 g/mol. The van der Waals surface area contributed by atoms with Crippen LogP contribution in [0.1, 0.15) is 0 Å². The summed E-state index contributed by atoms with van der Waals surface area (Å²) in [5.41, 5.74) is -0.0769. The zero-order chi connectivity index (χ0) is 10.8. The van der Waals surface area contributed by atoms with Crippen molar-refractivity contribution in [1.82, 2.24) is 0 Å². The largest absolute Gasteiger partial charge is 0.279 e. The van der Waals surface area contributed by atoms with Gasteiger partial charge in [0.2, 0.25) is 10.0 Å². The van der Waals surface area contributed by atoms with E-state index < -0.39 is 15.8 Å². The van der Waals surface area contributed by atoms with Crippen LogP contribution in [0.5, 0.6) is 0 Å². The molecule has 0 aliphatic rings. The van der Waals surface area contributed by atoms with Crippen LogP contribution in [0, 0.1) is 5.82 Å². The van der Waals surface area contributed by atoms with Gasteiger partial charge in [-0.3, -0.25) is 4.72 Å². The number of hydrogen-bond donors (Lipinski definition) is 1. The van der Waals surface area contributed by atoms with Crippen molar-refractivity contribution in [2.45, 2.75) is 0 Å². The van der Waals surface area contributed by atoms with Crippen LogP contribution in [0.3, 0.4) is 0 Å². The Balaban J connectivity index is 3.09. The highest BCUT2D eigenvalue weighted by Gasteiger charge is 2.13. The maximum atomic E-state index is 13.1. The topological polar surface area (TPSA) is 46.2 Å². The summed E-state index contributed by atoms with van der Waals surface area (Å²) in [6.07, 6.45) is 0. The maximum Gasteiger partial charge on any atom is 0.242 e. The first-order valence-corrected chi connectivity index (χ1v) is 7.03. The van der Waals surface area contributed by atoms with Gasteiger partial charge in [-0.25, -0.2) is 12.8 Å². The Bertz CT molecular complexity index is 415. The third-order valence-electron chi connectivity index (χ3n) is 1.36. The van der Waals surface area contributed by atoms with Gasteiger partial charge in [0.1, 0.15) is 10.5 Å². The van der Waals surface area contributed by atoms with Crippen molar-refractivity contribution in [2.75, 3.05) is 9.38 Å². The molecule has 7 heteroatoms. The number of nitrogens with one attached hydrogen (secondary N) is 1. The van der Waals surface area contributed by atoms with Gasteiger partial charge < -0.3 is 0 Å². The molecule has 0 fully saturated rings. The highest BCUT2D eigenvalue weighted by Crippen LogP contribution is 2.26.